The Hall–Kier alpha value is -1.66. The highest BCUT2D eigenvalue weighted by Gasteiger charge is 2.30. The van der Waals surface area contributed by atoms with E-state index in [1.807, 2.05) is 0 Å². The number of carboxylic acid groups (broad SMARTS) is 1. The summed E-state index contributed by atoms with van der Waals surface area (Å²) in [6.45, 7) is 3.62. The lowest BCUT2D eigenvalue weighted by atomic mass is 9.97. The van der Waals surface area contributed by atoms with E-state index in [-0.39, 0.29) is 11.7 Å². The second kappa shape index (κ2) is 4.55. The number of likely N-dealkylation sites (tertiary alicyclic amines) is 1. The Morgan fingerprint density at radius 2 is 2.11 bits per heavy atom. The maximum absolute atomic E-state index is 13.6. The van der Waals surface area contributed by atoms with Gasteiger partial charge in [0.25, 0.3) is 0 Å². The van der Waals surface area contributed by atoms with Crippen LogP contribution in [0.4, 0.5) is 9.18 Å². The van der Waals surface area contributed by atoms with Gasteiger partial charge in [-0.05, 0) is 26.7 Å². The zero-order valence-electron chi connectivity index (χ0n) is 10.4. The molecular formula is C11H16FN3O3. The fourth-order valence-corrected chi connectivity index (χ4v) is 1.96. The van der Waals surface area contributed by atoms with Gasteiger partial charge in [-0.1, -0.05) is 5.16 Å². The van der Waals surface area contributed by atoms with Crippen LogP contribution in [0.5, 0.6) is 0 Å². The van der Waals surface area contributed by atoms with Crippen molar-refractivity contribution in [2.75, 3.05) is 13.1 Å². The first kappa shape index (κ1) is 12.8. The van der Waals surface area contributed by atoms with Crippen molar-refractivity contribution < 1.29 is 18.8 Å². The van der Waals surface area contributed by atoms with Crippen molar-refractivity contribution >= 4 is 6.09 Å². The lowest BCUT2D eigenvalue weighted by Crippen LogP contribution is -2.36. The van der Waals surface area contributed by atoms with Crippen molar-refractivity contribution in [3.8, 4) is 0 Å². The zero-order chi connectivity index (χ0) is 13.3. The van der Waals surface area contributed by atoms with Crippen LogP contribution in [0.1, 0.15) is 44.3 Å². The third-order valence-electron chi connectivity index (χ3n) is 3.09. The van der Waals surface area contributed by atoms with Gasteiger partial charge in [0.15, 0.2) is 5.67 Å². The van der Waals surface area contributed by atoms with Crippen LogP contribution in [0.2, 0.25) is 0 Å². The van der Waals surface area contributed by atoms with E-state index in [9.17, 15) is 9.18 Å². The van der Waals surface area contributed by atoms with Crippen LogP contribution < -0.4 is 0 Å². The van der Waals surface area contributed by atoms with E-state index in [2.05, 4.69) is 10.1 Å². The minimum atomic E-state index is -1.62. The molecule has 1 fully saturated rings. The van der Waals surface area contributed by atoms with E-state index in [4.69, 9.17) is 9.63 Å². The molecule has 2 heterocycles. The number of alkyl halides is 1. The van der Waals surface area contributed by atoms with E-state index in [0.29, 0.717) is 31.8 Å². The lowest BCUT2D eigenvalue weighted by Gasteiger charge is -2.27. The van der Waals surface area contributed by atoms with E-state index in [0.717, 1.165) is 0 Å². The van der Waals surface area contributed by atoms with Gasteiger partial charge in [-0.3, -0.25) is 0 Å². The van der Waals surface area contributed by atoms with Gasteiger partial charge in [0.05, 0.1) is 0 Å². The predicted octanol–water partition coefficient (Wildman–Crippen LogP) is 2.13. The Morgan fingerprint density at radius 3 is 2.56 bits per heavy atom. The highest BCUT2D eigenvalue weighted by molar-refractivity contribution is 5.65. The molecule has 1 aromatic heterocycles. The van der Waals surface area contributed by atoms with Crippen LogP contribution in [0.15, 0.2) is 4.52 Å². The molecule has 1 aromatic rings. The molecule has 0 bridgehead atoms. The Bertz CT molecular complexity index is 433. The molecule has 1 amide bonds. The second-order valence-electron chi connectivity index (χ2n) is 4.97. The molecule has 1 aliphatic heterocycles. The summed E-state index contributed by atoms with van der Waals surface area (Å²) >= 11 is 0. The molecule has 0 radical (unpaired) electrons. The zero-order valence-corrected chi connectivity index (χ0v) is 10.4. The molecule has 18 heavy (non-hydrogen) atoms. The fraction of sp³-hybridized carbons (Fsp3) is 0.727. The average Bonchev–Trinajstić information content (AvgIpc) is 2.78. The van der Waals surface area contributed by atoms with Crippen LogP contribution in [-0.2, 0) is 5.67 Å². The molecule has 0 atom stereocenters. The van der Waals surface area contributed by atoms with Crippen LogP contribution in [-0.4, -0.2) is 39.3 Å². The largest absolute Gasteiger partial charge is 0.465 e. The van der Waals surface area contributed by atoms with Crippen molar-refractivity contribution in [1.29, 1.82) is 0 Å². The first-order valence-corrected chi connectivity index (χ1v) is 5.89. The Kier molecular flexibility index (Phi) is 3.23. The maximum Gasteiger partial charge on any atom is 0.407 e. The monoisotopic (exact) mass is 257 g/mol. The molecule has 0 unspecified atom stereocenters. The third-order valence-corrected chi connectivity index (χ3v) is 3.09. The summed E-state index contributed by atoms with van der Waals surface area (Å²) in [5.74, 6) is 0.461. The second-order valence-corrected chi connectivity index (χ2v) is 4.97. The summed E-state index contributed by atoms with van der Waals surface area (Å²) < 4.78 is 18.7. The SMILES string of the molecule is CC(C)(F)c1noc(C2CCN(C(=O)O)CC2)n1. The number of nitrogens with zero attached hydrogens (tertiary/aromatic N) is 3. The number of carbonyl (C=O) groups is 1. The fourth-order valence-electron chi connectivity index (χ4n) is 1.96. The van der Waals surface area contributed by atoms with E-state index < -0.39 is 11.8 Å². The van der Waals surface area contributed by atoms with Gasteiger partial charge in [-0.15, -0.1) is 0 Å². The van der Waals surface area contributed by atoms with Crippen molar-refractivity contribution in [1.82, 2.24) is 15.0 Å². The van der Waals surface area contributed by atoms with Gasteiger partial charge < -0.3 is 14.5 Å². The number of hydrogen-bond acceptors (Lipinski definition) is 4. The molecule has 6 nitrogen and oxygen atoms in total. The van der Waals surface area contributed by atoms with Gasteiger partial charge >= 0.3 is 6.09 Å². The molecule has 0 aromatic carbocycles. The number of amides is 1. The van der Waals surface area contributed by atoms with E-state index in [1.54, 1.807) is 0 Å². The Balaban J connectivity index is 2.02. The van der Waals surface area contributed by atoms with Crippen molar-refractivity contribution in [2.45, 2.75) is 38.3 Å². The smallest absolute Gasteiger partial charge is 0.407 e. The summed E-state index contributed by atoms with van der Waals surface area (Å²) in [6.07, 6.45) is 0.339. The molecular weight excluding hydrogens is 241 g/mol. The molecule has 0 aliphatic carbocycles. The Morgan fingerprint density at radius 1 is 1.50 bits per heavy atom. The van der Waals surface area contributed by atoms with Gasteiger partial charge in [0, 0.05) is 19.0 Å². The summed E-state index contributed by atoms with van der Waals surface area (Å²) in [6, 6.07) is 0. The number of rotatable bonds is 2. The molecule has 7 heteroatoms. The molecule has 1 N–H and O–H groups in total. The highest BCUT2D eigenvalue weighted by atomic mass is 19.1. The minimum absolute atomic E-state index is 0.0178. The van der Waals surface area contributed by atoms with Crippen molar-refractivity contribution in [3.63, 3.8) is 0 Å². The average molecular weight is 257 g/mol. The lowest BCUT2D eigenvalue weighted by molar-refractivity contribution is 0.128. The molecule has 2 rings (SSSR count). The number of piperidine rings is 1. The standard InChI is InChI=1S/C11H16FN3O3/c1-11(2,12)9-13-8(18-14-9)7-3-5-15(6-4-7)10(16)17/h7H,3-6H2,1-2H3,(H,16,17). The van der Waals surface area contributed by atoms with Gasteiger partial charge in [-0.25, -0.2) is 9.18 Å². The maximum atomic E-state index is 13.6. The topological polar surface area (TPSA) is 79.5 Å². The minimum Gasteiger partial charge on any atom is -0.465 e. The van der Waals surface area contributed by atoms with Gasteiger partial charge in [0.2, 0.25) is 11.7 Å². The molecule has 0 spiro atoms. The van der Waals surface area contributed by atoms with Crippen LogP contribution in [0, 0.1) is 0 Å². The Labute approximate surface area is 104 Å². The van der Waals surface area contributed by atoms with Crippen LogP contribution in [0.3, 0.4) is 0 Å². The van der Waals surface area contributed by atoms with Crippen molar-refractivity contribution in [2.24, 2.45) is 0 Å². The third kappa shape index (κ3) is 2.60. The highest BCUT2D eigenvalue weighted by Crippen LogP contribution is 2.29. The predicted molar refractivity (Wildman–Crippen MR) is 60.0 cm³/mol. The molecule has 1 aliphatic rings. The summed E-state index contributed by atoms with van der Waals surface area (Å²) in [5, 5.41) is 12.5. The summed E-state index contributed by atoms with van der Waals surface area (Å²) in [5.41, 5.74) is -1.62. The summed E-state index contributed by atoms with van der Waals surface area (Å²) in [7, 11) is 0. The quantitative estimate of drug-likeness (QED) is 0.877. The van der Waals surface area contributed by atoms with Crippen LogP contribution in [0.25, 0.3) is 0 Å². The van der Waals surface area contributed by atoms with Crippen LogP contribution >= 0.6 is 0 Å². The van der Waals surface area contributed by atoms with Crippen molar-refractivity contribution in [3.05, 3.63) is 11.7 Å². The first-order valence-electron chi connectivity index (χ1n) is 5.89. The summed E-state index contributed by atoms with van der Waals surface area (Å²) in [4.78, 5) is 16.2. The van der Waals surface area contributed by atoms with E-state index >= 15 is 0 Å². The molecule has 1 saturated heterocycles. The first-order chi connectivity index (χ1) is 8.38. The number of hydrogen-bond donors (Lipinski definition) is 1. The normalized spacial score (nSPS) is 18.1. The van der Waals surface area contributed by atoms with Gasteiger partial charge in [0.1, 0.15) is 0 Å². The molecule has 0 saturated carbocycles. The van der Waals surface area contributed by atoms with E-state index in [1.165, 1.54) is 18.7 Å². The molecule has 100 valence electrons. The number of halogens is 1. The number of aromatic nitrogens is 2. The van der Waals surface area contributed by atoms with Gasteiger partial charge in [-0.2, -0.15) is 4.98 Å².